The zero-order chi connectivity index (χ0) is 42.2. The number of nitrogens with zero attached hydrogens (tertiary/aromatic N) is 1. The van der Waals surface area contributed by atoms with Crippen LogP contribution in [0.1, 0.15) is 87.3 Å². The Hall–Kier alpha value is -2.42. The number of allylic oxidation sites excluding steroid dienone is 2. The quantitative estimate of drug-likeness (QED) is 0.0621. The molecule has 5 rings (SSSR count). The largest absolute Gasteiger partial charge is 0.512 e. The predicted molar refractivity (Wildman–Crippen MR) is 255 cm³/mol. The molecule has 0 unspecified atom stereocenters. The van der Waals surface area contributed by atoms with Crippen LogP contribution >= 0.6 is 11.3 Å². The summed E-state index contributed by atoms with van der Waals surface area (Å²) in [4.78, 5) is 17.5. The molecule has 0 fully saturated rings. The monoisotopic (exact) mass is 999 g/mol. The fraction of sp³-hybridized carbons (Fsp3) is 0.520. The van der Waals surface area contributed by atoms with Crippen molar-refractivity contribution in [2.75, 3.05) is 0 Å². The molecule has 0 saturated heterocycles. The van der Waals surface area contributed by atoms with Gasteiger partial charge in [-0.25, -0.2) is 0 Å². The first-order valence-corrected chi connectivity index (χ1v) is 28.8. The van der Waals surface area contributed by atoms with Crippen molar-refractivity contribution in [1.82, 2.24) is 4.98 Å². The molecule has 3 aromatic carbocycles. The number of fused-ring (bicyclic) bond motifs is 4. The molecule has 3 nitrogen and oxygen atoms in total. The van der Waals surface area contributed by atoms with Crippen molar-refractivity contribution in [2.24, 2.45) is 40.9 Å². The number of rotatable bonds is 11. The standard InChI is InChI=1S/C33H40NSSi2.C17H32O2.Ir/c1-21-11-13-23-17-24(18-28(26(23)15-21)36(5,6)7)31-32-30(29(20-34-31)37(8,9)10)25-14-12-22(16-27(25)35-32)19-33(2,3)4;1-10(2)16(11(3)4)14(18)9-15(19)17(12(5)6)13(7)8;/h11-16,18,20H,19H2,1-10H3;9-13,16-18H,1-8H3;/q-1;;/b;14-9-;. The van der Waals surface area contributed by atoms with Gasteiger partial charge in [0.05, 0.1) is 21.9 Å². The second-order valence-corrected chi connectivity index (χ2v) is 32.2. The summed E-state index contributed by atoms with van der Waals surface area (Å²) in [5.74, 6) is 1.63. The topological polar surface area (TPSA) is 50.2 Å². The molecule has 0 atom stereocenters. The molecule has 2 heterocycles. The smallest absolute Gasteiger partial charge is 0.162 e. The minimum Gasteiger partial charge on any atom is -0.512 e. The molecule has 5 aromatic rings. The summed E-state index contributed by atoms with van der Waals surface area (Å²) in [5, 5.41) is 18.6. The number of pyridine rings is 1. The number of aliphatic hydroxyl groups is 1. The van der Waals surface area contributed by atoms with Crippen LogP contribution in [-0.4, -0.2) is 32.0 Å². The van der Waals surface area contributed by atoms with E-state index in [0.717, 1.165) is 17.7 Å². The van der Waals surface area contributed by atoms with Crippen molar-refractivity contribution in [3.05, 3.63) is 77.7 Å². The summed E-state index contributed by atoms with van der Waals surface area (Å²) < 4.78 is 2.71. The van der Waals surface area contributed by atoms with Crippen LogP contribution in [0.5, 0.6) is 0 Å². The molecule has 0 spiro atoms. The first-order chi connectivity index (χ1) is 25.7. The number of ketones is 1. The van der Waals surface area contributed by atoms with E-state index in [-0.39, 0.29) is 48.9 Å². The van der Waals surface area contributed by atoms with Crippen LogP contribution in [-0.2, 0) is 31.3 Å². The van der Waals surface area contributed by atoms with E-state index < -0.39 is 16.1 Å². The fourth-order valence-corrected chi connectivity index (χ4v) is 13.1. The molecule has 0 aliphatic rings. The first-order valence-electron chi connectivity index (χ1n) is 21.0. The summed E-state index contributed by atoms with van der Waals surface area (Å²) in [5.41, 5.74) is 5.24. The van der Waals surface area contributed by atoms with Gasteiger partial charge in [0.1, 0.15) is 0 Å². The van der Waals surface area contributed by atoms with Crippen LogP contribution in [0.3, 0.4) is 0 Å². The molecule has 0 saturated carbocycles. The van der Waals surface area contributed by atoms with Gasteiger partial charge in [0.2, 0.25) is 0 Å². The van der Waals surface area contributed by atoms with Gasteiger partial charge in [-0.3, -0.25) is 9.78 Å². The number of aryl methyl sites for hydroxylation is 1. The minimum absolute atomic E-state index is 0. The predicted octanol–water partition coefficient (Wildman–Crippen LogP) is 13.9. The molecule has 7 heteroatoms. The maximum absolute atomic E-state index is 12.3. The first kappa shape index (κ1) is 48.9. The maximum Gasteiger partial charge on any atom is 0.162 e. The van der Waals surface area contributed by atoms with Crippen LogP contribution in [0.25, 0.3) is 42.2 Å². The number of hydrogen-bond acceptors (Lipinski definition) is 4. The molecule has 1 radical (unpaired) electrons. The van der Waals surface area contributed by atoms with Crippen molar-refractivity contribution in [3.63, 3.8) is 0 Å². The van der Waals surface area contributed by atoms with Gasteiger partial charge in [0.25, 0.3) is 0 Å². The molecule has 0 aliphatic heterocycles. The van der Waals surface area contributed by atoms with Crippen LogP contribution in [0.2, 0.25) is 39.3 Å². The average molecular weight is 1000 g/mol. The number of benzene rings is 3. The second kappa shape index (κ2) is 18.9. The molecule has 1 N–H and O–H groups in total. The summed E-state index contributed by atoms with van der Waals surface area (Å²) in [6.45, 7) is 40.4. The normalized spacial score (nSPS) is 13.2. The van der Waals surface area contributed by atoms with Gasteiger partial charge < -0.3 is 5.11 Å². The molecule has 57 heavy (non-hydrogen) atoms. The molecule has 313 valence electrons. The summed E-state index contributed by atoms with van der Waals surface area (Å²) >= 11 is 1.93. The van der Waals surface area contributed by atoms with E-state index in [1.54, 1.807) is 0 Å². The van der Waals surface area contributed by atoms with Crippen molar-refractivity contribution < 1.29 is 30.0 Å². The fourth-order valence-electron chi connectivity index (χ4n) is 8.67. The number of carbonyl (C=O) groups is 1. The molecule has 0 bridgehead atoms. The molecular weight excluding hydrogens is 927 g/mol. The third-order valence-corrected chi connectivity index (χ3v) is 16.2. The summed E-state index contributed by atoms with van der Waals surface area (Å²) in [6, 6.07) is 20.2. The SMILES string of the molecule is CC(C)C(C(=O)/C=C(\O)C(C(C)C)C(C)C)C(C)C.Cc1ccc2[c-]c(-c3ncc([Si](C)(C)C)c4c3sc3cc(CC(C)(C)C)ccc34)cc([Si](C)(C)C)c2c1.[Ir]. The Morgan fingerprint density at radius 2 is 1.35 bits per heavy atom. The summed E-state index contributed by atoms with van der Waals surface area (Å²) in [7, 11) is -3.20. The number of thiophene rings is 1. The van der Waals surface area contributed by atoms with Gasteiger partial charge in [-0.15, -0.1) is 40.1 Å². The van der Waals surface area contributed by atoms with Gasteiger partial charge in [-0.05, 0) is 70.0 Å². The number of aromatic nitrogens is 1. The second-order valence-electron chi connectivity index (χ2n) is 21.0. The van der Waals surface area contributed by atoms with Crippen LogP contribution in [0.15, 0.2) is 60.5 Å². The van der Waals surface area contributed by atoms with Gasteiger partial charge in [-0.1, -0.05) is 156 Å². The Labute approximate surface area is 365 Å². The van der Waals surface area contributed by atoms with Gasteiger partial charge in [0, 0.05) is 59.3 Å². The van der Waals surface area contributed by atoms with E-state index in [9.17, 15) is 9.90 Å². The number of hydrogen-bond donors (Lipinski definition) is 1. The zero-order valence-electron chi connectivity index (χ0n) is 38.4. The Bertz CT molecular complexity index is 2190. The Morgan fingerprint density at radius 3 is 1.86 bits per heavy atom. The molecule has 0 aliphatic carbocycles. The van der Waals surface area contributed by atoms with Gasteiger partial charge in [-0.2, -0.15) is 0 Å². The Kier molecular flexibility index (Phi) is 16.2. The Balaban J connectivity index is 0.000000372. The van der Waals surface area contributed by atoms with Gasteiger partial charge in [0.15, 0.2) is 5.78 Å². The number of aliphatic hydroxyl groups excluding tert-OH is 1. The van der Waals surface area contributed by atoms with E-state index in [0.29, 0.717) is 23.7 Å². The zero-order valence-corrected chi connectivity index (χ0v) is 43.6. The third kappa shape index (κ3) is 11.9. The Morgan fingerprint density at radius 1 is 0.789 bits per heavy atom. The van der Waals surface area contributed by atoms with E-state index in [2.05, 4.69) is 177 Å². The number of carbonyl (C=O) groups excluding carboxylic acids is 1. The molecule has 0 amide bonds. The molecule has 2 aromatic heterocycles. The van der Waals surface area contributed by atoms with Crippen molar-refractivity contribution in [3.8, 4) is 11.3 Å². The van der Waals surface area contributed by atoms with Crippen molar-refractivity contribution >= 4 is 74.6 Å². The van der Waals surface area contributed by atoms with Crippen LogP contribution in [0, 0.1) is 53.9 Å². The third-order valence-electron chi connectivity index (χ3n) is 11.0. The van der Waals surface area contributed by atoms with E-state index >= 15 is 0 Å². The van der Waals surface area contributed by atoms with E-state index in [1.807, 2.05) is 11.3 Å². The average Bonchev–Trinajstić information content (AvgIpc) is 3.40. The van der Waals surface area contributed by atoms with Crippen LogP contribution < -0.4 is 10.4 Å². The van der Waals surface area contributed by atoms with E-state index in [4.69, 9.17) is 4.98 Å². The molecular formula is C50H72IrNO2SSi2-. The van der Waals surface area contributed by atoms with Crippen molar-refractivity contribution in [2.45, 2.75) is 129 Å². The van der Waals surface area contributed by atoms with E-state index in [1.165, 1.54) is 58.5 Å². The maximum atomic E-state index is 12.3. The van der Waals surface area contributed by atoms with Crippen molar-refractivity contribution in [1.29, 1.82) is 0 Å². The van der Waals surface area contributed by atoms with Gasteiger partial charge >= 0.3 is 0 Å². The van der Waals surface area contributed by atoms with Crippen LogP contribution in [0.4, 0.5) is 0 Å². The summed E-state index contributed by atoms with van der Waals surface area (Å²) in [6.07, 6.45) is 4.76. The minimum atomic E-state index is -1.60.